The molecular formula is C17H26N4O2. The summed E-state index contributed by atoms with van der Waals surface area (Å²) in [5, 5.41) is 7.00. The Balaban J connectivity index is 1.42. The molecule has 2 N–H and O–H groups in total. The van der Waals surface area contributed by atoms with Gasteiger partial charge in [-0.05, 0) is 25.3 Å². The second kappa shape index (κ2) is 5.91. The molecule has 23 heavy (non-hydrogen) atoms. The number of fused-ring (bicyclic) bond motifs is 1. The van der Waals surface area contributed by atoms with E-state index in [2.05, 4.69) is 34.4 Å². The van der Waals surface area contributed by atoms with Crippen LogP contribution < -0.4 is 10.6 Å². The molecule has 1 aliphatic carbocycles. The van der Waals surface area contributed by atoms with Gasteiger partial charge >= 0.3 is 0 Å². The lowest BCUT2D eigenvalue weighted by molar-refractivity contribution is -0.0925. The summed E-state index contributed by atoms with van der Waals surface area (Å²) < 4.78 is 11.4. The van der Waals surface area contributed by atoms with E-state index in [-0.39, 0.29) is 5.41 Å². The van der Waals surface area contributed by atoms with E-state index in [4.69, 9.17) is 9.47 Å². The van der Waals surface area contributed by atoms with Crippen molar-refractivity contribution in [2.75, 3.05) is 30.5 Å². The van der Waals surface area contributed by atoms with E-state index in [1.54, 1.807) is 0 Å². The molecule has 0 bridgehead atoms. The lowest BCUT2D eigenvalue weighted by atomic mass is 9.57. The standard InChI is InChI=1S/C17H26N4O2/c1-17(2)14(12-6-9-23-15(12)17)21-16-18-7-5-13(20-16)19-11-4-3-8-22-10-11/h5,7,11-12,14-15H,3-4,6,8-10H2,1-2H3,(H2,18,19,20,21)/t11-,12+,14-,15+/m1/s1. The summed E-state index contributed by atoms with van der Waals surface area (Å²) in [6, 6.07) is 2.65. The molecule has 0 radical (unpaired) electrons. The Labute approximate surface area is 137 Å². The molecule has 3 aliphatic rings. The minimum atomic E-state index is 0.130. The number of aromatic nitrogens is 2. The van der Waals surface area contributed by atoms with Crippen LogP contribution in [0.3, 0.4) is 0 Å². The predicted octanol–water partition coefficient (Wildman–Crippen LogP) is 2.29. The first-order valence-electron chi connectivity index (χ1n) is 8.70. The molecule has 6 heteroatoms. The molecule has 3 heterocycles. The van der Waals surface area contributed by atoms with Crippen molar-refractivity contribution in [3.05, 3.63) is 12.3 Å². The van der Waals surface area contributed by atoms with Crippen molar-refractivity contribution in [3.63, 3.8) is 0 Å². The number of nitrogens with one attached hydrogen (secondary N) is 2. The Morgan fingerprint density at radius 1 is 1.22 bits per heavy atom. The zero-order valence-corrected chi connectivity index (χ0v) is 13.9. The van der Waals surface area contributed by atoms with E-state index < -0.39 is 0 Å². The highest BCUT2D eigenvalue weighted by molar-refractivity contribution is 5.42. The van der Waals surface area contributed by atoms with Crippen LogP contribution in [0.25, 0.3) is 0 Å². The van der Waals surface area contributed by atoms with E-state index in [0.717, 1.165) is 44.9 Å². The second-order valence-electron chi connectivity index (χ2n) is 7.51. The third kappa shape index (κ3) is 2.78. The molecule has 0 spiro atoms. The highest BCUT2D eigenvalue weighted by atomic mass is 16.5. The normalized spacial score (nSPS) is 35.2. The fourth-order valence-electron chi connectivity index (χ4n) is 4.33. The quantitative estimate of drug-likeness (QED) is 0.888. The van der Waals surface area contributed by atoms with Gasteiger partial charge in [0.05, 0.1) is 18.8 Å². The molecule has 2 saturated heterocycles. The van der Waals surface area contributed by atoms with Crippen molar-refractivity contribution in [1.82, 2.24) is 9.97 Å². The van der Waals surface area contributed by atoms with Gasteiger partial charge in [0.1, 0.15) is 5.82 Å². The summed E-state index contributed by atoms with van der Waals surface area (Å²) in [5.41, 5.74) is 0.130. The van der Waals surface area contributed by atoms with Gasteiger partial charge in [-0.3, -0.25) is 0 Å². The van der Waals surface area contributed by atoms with Crippen LogP contribution in [0.5, 0.6) is 0 Å². The van der Waals surface area contributed by atoms with E-state index in [1.807, 2.05) is 12.3 Å². The maximum Gasteiger partial charge on any atom is 0.224 e. The molecule has 1 aromatic heterocycles. The summed E-state index contributed by atoms with van der Waals surface area (Å²) in [7, 11) is 0. The molecule has 6 nitrogen and oxygen atoms in total. The lowest BCUT2D eigenvalue weighted by Gasteiger charge is -2.54. The highest BCUT2D eigenvalue weighted by Crippen LogP contribution is 2.53. The van der Waals surface area contributed by atoms with Crippen LogP contribution >= 0.6 is 0 Å². The fraction of sp³-hybridized carbons (Fsp3) is 0.765. The molecule has 4 rings (SSSR count). The molecule has 4 atom stereocenters. The number of hydrogen-bond acceptors (Lipinski definition) is 6. The Hall–Kier alpha value is -1.40. The molecule has 0 unspecified atom stereocenters. The Kier molecular flexibility index (Phi) is 3.89. The summed E-state index contributed by atoms with van der Waals surface area (Å²) in [6.45, 7) is 7.03. The average Bonchev–Trinajstić information content (AvgIpc) is 3.01. The largest absolute Gasteiger partial charge is 0.379 e. The predicted molar refractivity (Wildman–Crippen MR) is 88.5 cm³/mol. The first-order valence-corrected chi connectivity index (χ1v) is 8.70. The van der Waals surface area contributed by atoms with E-state index in [9.17, 15) is 0 Å². The van der Waals surface area contributed by atoms with Gasteiger partial charge in [0.15, 0.2) is 0 Å². The number of anilines is 2. The van der Waals surface area contributed by atoms with E-state index in [1.165, 1.54) is 0 Å². The number of hydrogen-bond donors (Lipinski definition) is 2. The van der Waals surface area contributed by atoms with Crippen LogP contribution in [0.15, 0.2) is 12.3 Å². The second-order valence-corrected chi connectivity index (χ2v) is 7.51. The van der Waals surface area contributed by atoms with Crippen LogP contribution in [0.1, 0.15) is 33.1 Å². The zero-order valence-electron chi connectivity index (χ0n) is 13.9. The molecule has 0 amide bonds. The van der Waals surface area contributed by atoms with Crippen LogP contribution in [-0.2, 0) is 9.47 Å². The van der Waals surface area contributed by atoms with Gasteiger partial charge in [-0.2, -0.15) is 4.98 Å². The summed E-state index contributed by atoms with van der Waals surface area (Å²) in [5.74, 6) is 2.15. The van der Waals surface area contributed by atoms with Crippen LogP contribution in [-0.4, -0.2) is 48.0 Å². The van der Waals surface area contributed by atoms with Crippen molar-refractivity contribution in [2.24, 2.45) is 11.3 Å². The smallest absolute Gasteiger partial charge is 0.224 e. The topological polar surface area (TPSA) is 68.3 Å². The van der Waals surface area contributed by atoms with Crippen molar-refractivity contribution in [2.45, 2.75) is 51.3 Å². The molecule has 2 aliphatic heterocycles. The Bertz CT molecular complexity index is 559. The number of rotatable bonds is 4. The Morgan fingerprint density at radius 2 is 2.13 bits per heavy atom. The summed E-state index contributed by atoms with van der Waals surface area (Å²) in [4.78, 5) is 9.04. The van der Waals surface area contributed by atoms with Gasteiger partial charge in [0.25, 0.3) is 0 Å². The van der Waals surface area contributed by atoms with Gasteiger partial charge in [-0.1, -0.05) is 13.8 Å². The molecule has 3 fully saturated rings. The first kappa shape index (κ1) is 15.1. The Morgan fingerprint density at radius 3 is 2.96 bits per heavy atom. The number of ether oxygens (including phenoxy) is 2. The minimum Gasteiger partial charge on any atom is -0.379 e. The van der Waals surface area contributed by atoms with Gasteiger partial charge in [-0.15, -0.1) is 0 Å². The van der Waals surface area contributed by atoms with Gasteiger partial charge in [0.2, 0.25) is 5.95 Å². The monoisotopic (exact) mass is 318 g/mol. The maximum absolute atomic E-state index is 5.85. The number of nitrogens with zero attached hydrogens (tertiary/aromatic N) is 2. The van der Waals surface area contributed by atoms with Gasteiger partial charge in [-0.25, -0.2) is 4.98 Å². The highest BCUT2D eigenvalue weighted by Gasteiger charge is 2.59. The zero-order chi connectivity index (χ0) is 15.9. The maximum atomic E-state index is 5.85. The summed E-state index contributed by atoms with van der Waals surface area (Å²) in [6.07, 6.45) is 5.55. The minimum absolute atomic E-state index is 0.130. The first-order chi connectivity index (χ1) is 11.1. The lowest BCUT2D eigenvalue weighted by Crippen LogP contribution is -2.63. The van der Waals surface area contributed by atoms with Crippen molar-refractivity contribution in [1.29, 1.82) is 0 Å². The van der Waals surface area contributed by atoms with Crippen molar-refractivity contribution < 1.29 is 9.47 Å². The van der Waals surface area contributed by atoms with Crippen molar-refractivity contribution >= 4 is 11.8 Å². The molecule has 1 aromatic rings. The van der Waals surface area contributed by atoms with Gasteiger partial charge < -0.3 is 20.1 Å². The van der Waals surface area contributed by atoms with E-state index >= 15 is 0 Å². The van der Waals surface area contributed by atoms with Crippen molar-refractivity contribution in [3.8, 4) is 0 Å². The molecule has 1 saturated carbocycles. The van der Waals surface area contributed by atoms with Crippen LogP contribution in [0.4, 0.5) is 11.8 Å². The molecule has 126 valence electrons. The SMILES string of the molecule is CC1(C)[C@H](Nc2nccc(N[C@@H]3CCCOC3)n2)[C@@H]2CCO[C@@H]21. The van der Waals surface area contributed by atoms with E-state index in [0.29, 0.717) is 30.1 Å². The molecular weight excluding hydrogens is 292 g/mol. The van der Waals surface area contributed by atoms with Crippen LogP contribution in [0.2, 0.25) is 0 Å². The van der Waals surface area contributed by atoms with Gasteiger partial charge in [0, 0.05) is 36.8 Å². The average molecular weight is 318 g/mol. The summed E-state index contributed by atoms with van der Waals surface area (Å²) >= 11 is 0. The molecule has 0 aromatic carbocycles. The van der Waals surface area contributed by atoms with Crippen LogP contribution in [0, 0.1) is 11.3 Å². The third-order valence-electron chi connectivity index (χ3n) is 5.55. The third-order valence-corrected chi connectivity index (χ3v) is 5.55. The fourth-order valence-corrected chi connectivity index (χ4v) is 4.33.